The van der Waals surface area contributed by atoms with E-state index >= 15 is 0 Å². The zero-order valence-electron chi connectivity index (χ0n) is 22.2. The maximum Gasteiger partial charge on any atom is 0.330 e. The van der Waals surface area contributed by atoms with E-state index in [4.69, 9.17) is 4.74 Å². The standard InChI is InChI=1S/C23H26F5N5O2S2.C2H6/c1-12(2)36-20(17-5-6-30-22(32-17)31-15-9-23(27,28)11-29-10-15)14(4)35-19-8-16(24)18(7-13(19)3)33-37(34)21(25)26;1-2/h5-8,15,21,29,33H,1,9-11H2,2-4H3,(H,30,31,32);1-2H3/b20-14+;. The van der Waals surface area contributed by atoms with E-state index in [-0.39, 0.29) is 30.4 Å². The van der Waals surface area contributed by atoms with Crippen LogP contribution in [-0.4, -0.2) is 45.0 Å². The summed E-state index contributed by atoms with van der Waals surface area (Å²) in [5.74, 6) is -6.37. The summed E-state index contributed by atoms with van der Waals surface area (Å²) in [6.07, 6.45) is 1.11. The zero-order valence-corrected chi connectivity index (χ0v) is 23.8. The average Bonchev–Trinajstić information content (AvgIpc) is 2.86. The number of hydrogen-bond donors (Lipinski definition) is 3. The van der Waals surface area contributed by atoms with E-state index in [1.807, 2.05) is 18.6 Å². The molecule has 0 saturated carbocycles. The van der Waals surface area contributed by atoms with Gasteiger partial charge in [-0.15, -0.1) is 0 Å². The third-order valence-corrected chi connectivity index (χ3v) is 6.83. The summed E-state index contributed by atoms with van der Waals surface area (Å²) in [5, 5.41) is 5.61. The lowest BCUT2D eigenvalue weighted by atomic mass is 10.0. The fourth-order valence-electron chi connectivity index (χ4n) is 3.47. The Morgan fingerprint density at radius 1 is 1.31 bits per heavy atom. The van der Waals surface area contributed by atoms with Gasteiger partial charge in [0.2, 0.25) is 5.95 Å². The first-order chi connectivity index (χ1) is 18.3. The highest BCUT2D eigenvalue weighted by atomic mass is 32.2. The molecule has 1 saturated heterocycles. The Morgan fingerprint density at radius 3 is 2.62 bits per heavy atom. The van der Waals surface area contributed by atoms with Gasteiger partial charge in [0.1, 0.15) is 11.5 Å². The summed E-state index contributed by atoms with van der Waals surface area (Å²) < 4.78 is 86.3. The summed E-state index contributed by atoms with van der Waals surface area (Å²) in [6, 6.07) is 3.24. The molecule has 1 fully saturated rings. The number of alkyl halides is 4. The third-order valence-electron chi connectivity index (χ3n) is 5.04. The number of ether oxygens (including phenoxy) is 1. The van der Waals surface area contributed by atoms with E-state index < -0.39 is 34.5 Å². The van der Waals surface area contributed by atoms with Gasteiger partial charge < -0.3 is 15.4 Å². The van der Waals surface area contributed by atoms with Gasteiger partial charge in [-0.25, -0.2) is 27.3 Å². The first-order valence-electron chi connectivity index (χ1n) is 12.0. The van der Waals surface area contributed by atoms with Crippen molar-refractivity contribution >= 4 is 39.3 Å². The molecule has 0 amide bonds. The summed E-state index contributed by atoms with van der Waals surface area (Å²) in [7, 11) is -2.76. The second-order valence-corrected chi connectivity index (χ2v) is 10.8. The molecule has 1 aromatic heterocycles. The maximum absolute atomic E-state index is 14.5. The first-order valence-corrected chi connectivity index (χ1v) is 14.0. The Bertz CT molecular complexity index is 1210. The average molecular weight is 594 g/mol. The summed E-state index contributed by atoms with van der Waals surface area (Å²) in [6.45, 7) is 12.8. The molecule has 1 aliphatic rings. The predicted octanol–water partition coefficient (Wildman–Crippen LogP) is 6.69. The van der Waals surface area contributed by atoms with Gasteiger partial charge in [-0.1, -0.05) is 32.2 Å². The number of aromatic nitrogens is 2. The fourth-order valence-corrected chi connectivity index (χ4v) is 4.68. The van der Waals surface area contributed by atoms with E-state index in [1.165, 1.54) is 24.0 Å². The van der Waals surface area contributed by atoms with E-state index in [0.29, 0.717) is 33.4 Å². The van der Waals surface area contributed by atoms with Crippen LogP contribution in [0.4, 0.5) is 33.6 Å². The molecule has 2 heterocycles. The van der Waals surface area contributed by atoms with Gasteiger partial charge >= 0.3 is 5.76 Å². The lowest BCUT2D eigenvalue weighted by Gasteiger charge is -2.30. The van der Waals surface area contributed by atoms with Crippen LogP contribution in [0.1, 0.15) is 45.4 Å². The number of anilines is 2. The van der Waals surface area contributed by atoms with Crippen molar-refractivity contribution in [3.8, 4) is 5.75 Å². The molecular weight excluding hydrogens is 561 g/mol. The van der Waals surface area contributed by atoms with Gasteiger partial charge in [-0.3, -0.25) is 4.72 Å². The minimum absolute atomic E-state index is 0.103. The lowest BCUT2D eigenvalue weighted by molar-refractivity contribution is -0.0244. The first kappa shape index (κ1) is 32.5. The third kappa shape index (κ3) is 9.76. The van der Waals surface area contributed by atoms with Crippen molar-refractivity contribution < 1.29 is 30.9 Å². The minimum Gasteiger partial charge on any atom is -0.460 e. The van der Waals surface area contributed by atoms with Crippen molar-refractivity contribution in [3.63, 3.8) is 0 Å². The van der Waals surface area contributed by atoms with E-state index in [0.717, 1.165) is 6.07 Å². The monoisotopic (exact) mass is 593 g/mol. The van der Waals surface area contributed by atoms with Crippen LogP contribution in [0.3, 0.4) is 0 Å². The number of nitrogens with one attached hydrogen (secondary N) is 3. The number of rotatable bonds is 10. The minimum atomic E-state index is -3.18. The zero-order chi connectivity index (χ0) is 29.3. The van der Waals surface area contributed by atoms with Gasteiger partial charge in [-0.2, -0.15) is 8.78 Å². The van der Waals surface area contributed by atoms with E-state index in [1.54, 1.807) is 26.8 Å². The van der Waals surface area contributed by atoms with Gasteiger partial charge in [0, 0.05) is 31.3 Å². The SMILES string of the molecule is C=C(C)S/C(=C(\C)Oc1cc(F)c(NS(=O)C(F)F)cc1C)c1ccnc(NC2CNCC(F)(F)C2)n1.CC. The van der Waals surface area contributed by atoms with Gasteiger partial charge in [-0.05, 0) is 43.4 Å². The van der Waals surface area contributed by atoms with Gasteiger partial charge in [0.15, 0.2) is 16.8 Å². The lowest BCUT2D eigenvalue weighted by Crippen LogP contribution is -2.49. The molecule has 2 aromatic rings. The van der Waals surface area contributed by atoms with Crippen LogP contribution >= 0.6 is 11.8 Å². The molecular formula is C25H32F5N5O2S2. The largest absolute Gasteiger partial charge is 0.460 e. The second-order valence-electron chi connectivity index (χ2n) is 8.35. The molecule has 0 spiro atoms. The molecule has 1 aliphatic heterocycles. The molecule has 3 N–H and O–H groups in total. The van der Waals surface area contributed by atoms with Crippen molar-refractivity contribution in [2.24, 2.45) is 0 Å². The molecule has 0 bridgehead atoms. The Morgan fingerprint density at radius 2 is 2.00 bits per heavy atom. The molecule has 7 nitrogen and oxygen atoms in total. The molecule has 2 unspecified atom stereocenters. The van der Waals surface area contributed by atoms with Gasteiger partial charge in [0.25, 0.3) is 5.92 Å². The topological polar surface area (TPSA) is 88.2 Å². The molecule has 14 heteroatoms. The molecule has 0 radical (unpaired) electrons. The van der Waals surface area contributed by atoms with Crippen LogP contribution in [0.2, 0.25) is 0 Å². The Hall–Kier alpha value is -2.71. The van der Waals surface area contributed by atoms with Crippen LogP contribution < -0.4 is 20.1 Å². The number of halogens is 5. The normalized spacial score (nSPS) is 17.9. The van der Waals surface area contributed by atoms with Crippen LogP contribution in [-0.2, 0) is 11.0 Å². The summed E-state index contributed by atoms with van der Waals surface area (Å²) in [4.78, 5) is 9.80. The highest BCUT2D eigenvalue weighted by Crippen LogP contribution is 2.37. The van der Waals surface area contributed by atoms with Crippen LogP contribution in [0.5, 0.6) is 5.75 Å². The number of piperidine rings is 1. The Balaban J connectivity index is 0.00000260. The van der Waals surface area contributed by atoms with Crippen molar-refractivity contribution in [3.05, 3.63) is 58.7 Å². The second kappa shape index (κ2) is 14.6. The number of hydrogen-bond acceptors (Lipinski definition) is 7. The van der Waals surface area contributed by atoms with E-state index in [2.05, 4.69) is 27.2 Å². The van der Waals surface area contributed by atoms with E-state index in [9.17, 15) is 26.2 Å². The quantitative estimate of drug-likeness (QED) is 0.209. The van der Waals surface area contributed by atoms with Crippen LogP contribution in [0.25, 0.3) is 4.91 Å². The number of aryl methyl sites for hydroxylation is 1. The number of nitrogens with zero attached hydrogens (tertiary/aromatic N) is 2. The van der Waals surface area contributed by atoms with Crippen LogP contribution in [0, 0.1) is 12.7 Å². The highest BCUT2D eigenvalue weighted by molar-refractivity contribution is 8.11. The molecule has 39 heavy (non-hydrogen) atoms. The Kier molecular flexibility index (Phi) is 12.2. The predicted molar refractivity (Wildman–Crippen MR) is 148 cm³/mol. The smallest absolute Gasteiger partial charge is 0.330 e. The fraction of sp³-hybridized carbons (Fsp3) is 0.440. The number of allylic oxidation sites excluding steroid dienone is 2. The Labute approximate surface area is 231 Å². The summed E-state index contributed by atoms with van der Waals surface area (Å²) in [5.41, 5.74) is 0.461. The molecule has 2 atom stereocenters. The highest BCUT2D eigenvalue weighted by Gasteiger charge is 2.36. The van der Waals surface area contributed by atoms with Crippen molar-refractivity contribution in [2.75, 3.05) is 23.1 Å². The number of thioether (sulfide) groups is 1. The maximum atomic E-state index is 14.5. The molecule has 1 aromatic carbocycles. The molecule has 0 aliphatic carbocycles. The number of benzene rings is 1. The van der Waals surface area contributed by atoms with Crippen molar-refractivity contribution in [1.82, 2.24) is 15.3 Å². The van der Waals surface area contributed by atoms with Gasteiger partial charge in [0.05, 0.1) is 22.8 Å². The molecule has 216 valence electrons. The van der Waals surface area contributed by atoms with Crippen LogP contribution in [0.15, 0.2) is 41.6 Å². The van der Waals surface area contributed by atoms with Crippen molar-refractivity contribution in [1.29, 1.82) is 0 Å². The summed E-state index contributed by atoms with van der Waals surface area (Å²) >= 11 is 1.24. The van der Waals surface area contributed by atoms with Crippen molar-refractivity contribution in [2.45, 2.75) is 58.8 Å². The molecule has 3 rings (SSSR count).